The lowest BCUT2D eigenvalue weighted by Gasteiger charge is -2.23. The average molecular weight is 424 g/mol. The molecule has 0 unspecified atom stereocenters. The monoisotopic (exact) mass is 423 g/mol. The molecule has 2 N–H and O–H groups in total. The number of anilines is 1. The van der Waals surface area contributed by atoms with E-state index in [1.807, 2.05) is 44.2 Å². The molecule has 7 nitrogen and oxygen atoms in total. The lowest BCUT2D eigenvalue weighted by molar-refractivity contribution is 0.0519. The number of rotatable bonds is 8. The van der Waals surface area contributed by atoms with E-state index in [0.717, 1.165) is 34.5 Å². The van der Waals surface area contributed by atoms with E-state index in [-0.39, 0.29) is 6.03 Å². The van der Waals surface area contributed by atoms with Crippen LogP contribution in [-0.4, -0.2) is 28.5 Å². The van der Waals surface area contributed by atoms with Crippen LogP contribution >= 0.6 is 0 Å². The molecule has 0 saturated heterocycles. The number of carbonyl (C=O) groups is 2. The molecular formula is C24H29N3O4. The van der Waals surface area contributed by atoms with Crippen molar-refractivity contribution in [3.05, 3.63) is 76.5 Å². The van der Waals surface area contributed by atoms with Crippen LogP contribution in [0.2, 0.25) is 0 Å². The fraction of sp³-hybridized carbons (Fsp3) is 0.333. The molecule has 1 aromatic carbocycles. The van der Waals surface area contributed by atoms with Crippen LogP contribution in [0.1, 0.15) is 52.5 Å². The summed E-state index contributed by atoms with van der Waals surface area (Å²) in [6, 6.07) is 11.1. The van der Waals surface area contributed by atoms with Gasteiger partial charge in [-0.1, -0.05) is 25.1 Å². The van der Waals surface area contributed by atoms with Crippen molar-refractivity contribution in [3.63, 3.8) is 0 Å². The molecule has 0 aliphatic heterocycles. The SMILES string of the molecule is CCOC(=O)c1[nH]c(C)c(CN(Cc2ccco2)C(=O)Nc2ccccc2CC)c1C. The third kappa shape index (κ3) is 5.17. The fourth-order valence-corrected chi connectivity index (χ4v) is 3.56. The van der Waals surface area contributed by atoms with Gasteiger partial charge in [0, 0.05) is 17.9 Å². The first-order valence-electron chi connectivity index (χ1n) is 10.5. The number of furan rings is 1. The van der Waals surface area contributed by atoms with Crippen LogP contribution in [0.25, 0.3) is 0 Å². The van der Waals surface area contributed by atoms with Crippen molar-refractivity contribution in [2.45, 2.75) is 47.2 Å². The molecule has 164 valence electrons. The smallest absolute Gasteiger partial charge is 0.355 e. The Balaban J connectivity index is 1.88. The molecule has 2 heterocycles. The van der Waals surface area contributed by atoms with Gasteiger partial charge in [0.25, 0.3) is 0 Å². The van der Waals surface area contributed by atoms with Gasteiger partial charge in [-0.25, -0.2) is 9.59 Å². The summed E-state index contributed by atoms with van der Waals surface area (Å²) >= 11 is 0. The Morgan fingerprint density at radius 1 is 1.10 bits per heavy atom. The minimum absolute atomic E-state index is 0.241. The molecule has 2 aromatic heterocycles. The second kappa shape index (κ2) is 10.0. The first kappa shape index (κ1) is 22.2. The van der Waals surface area contributed by atoms with Crippen molar-refractivity contribution in [1.29, 1.82) is 0 Å². The second-order valence-electron chi connectivity index (χ2n) is 7.33. The largest absolute Gasteiger partial charge is 0.467 e. The average Bonchev–Trinajstić information content (AvgIpc) is 3.37. The van der Waals surface area contributed by atoms with Gasteiger partial charge in [-0.05, 0) is 62.1 Å². The summed E-state index contributed by atoms with van der Waals surface area (Å²) in [5.41, 5.74) is 4.76. The minimum Gasteiger partial charge on any atom is -0.467 e. The summed E-state index contributed by atoms with van der Waals surface area (Å²) in [7, 11) is 0. The Morgan fingerprint density at radius 3 is 2.55 bits per heavy atom. The van der Waals surface area contributed by atoms with Crippen LogP contribution in [0.4, 0.5) is 10.5 Å². The first-order chi connectivity index (χ1) is 14.9. The molecule has 0 saturated carbocycles. The van der Waals surface area contributed by atoms with E-state index < -0.39 is 5.97 Å². The zero-order chi connectivity index (χ0) is 22.4. The molecule has 7 heteroatoms. The van der Waals surface area contributed by atoms with Crippen molar-refractivity contribution < 1.29 is 18.7 Å². The molecule has 0 aliphatic rings. The number of nitrogens with one attached hydrogen (secondary N) is 2. The van der Waals surface area contributed by atoms with Gasteiger partial charge in [-0.2, -0.15) is 0 Å². The van der Waals surface area contributed by atoms with Crippen molar-refractivity contribution in [3.8, 4) is 0 Å². The van der Waals surface area contributed by atoms with E-state index in [1.54, 1.807) is 24.2 Å². The molecule has 3 aromatic rings. The number of aromatic nitrogens is 1. The van der Waals surface area contributed by atoms with Gasteiger partial charge in [0.2, 0.25) is 0 Å². The quantitative estimate of drug-likeness (QED) is 0.488. The first-order valence-corrected chi connectivity index (χ1v) is 10.5. The maximum Gasteiger partial charge on any atom is 0.355 e. The number of urea groups is 1. The van der Waals surface area contributed by atoms with Crippen LogP contribution < -0.4 is 5.32 Å². The maximum absolute atomic E-state index is 13.2. The Bertz CT molecular complexity index is 1040. The standard InChI is InChI=1S/C24H29N3O4/c1-5-18-10-7-8-12-21(18)26-24(29)27(14-19-11-9-13-31-19)15-20-16(3)22(25-17(20)4)23(28)30-6-2/h7-13,25H,5-6,14-15H2,1-4H3,(H,26,29). The Morgan fingerprint density at radius 2 is 1.87 bits per heavy atom. The van der Waals surface area contributed by atoms with E-state index in [1.165, 1.54) is 0 Å². The third-order valence-electron chi connectivity index (χ3n) is 5.28. The number of aromatic amines is 1. The number of aryl methyl sites for hydroxylation is 2. The molecule has 0 bridgehead atoms. The fourth-order valence-electron chi connectivity index (χ4n) is 3.56. The molecule has 31 heavy (non-hydrogen) atoms. The summed E-state index contributed by atoms with van der Waals surface area (Å²) < 4.78 is 10.6. The van der Waals surface area contributed by atoms with Crippen LogP contribution in [0.15, 0.2) is 47.1 Å². The summed E-state index contributed by atoms with van der Waals surface area (Å²) in [4.78, 5) is 30.3. The van der Waals surface area contributed by atoms with Gasteiger partial charge in [0.1, 0.15) is 11.5 Å². The van der Waals surface area contributed by atoms with Crippen molar-refractivity contribution >= 4 is 17.7 Å². The Labute approximate surface area is 182 Å². The van der Waals surface area contributed by atoms with E-state index >= 15 is 0 Å². The van der Waals surface area contributed by atoms with Crippen molar-refractivity contribution in [1.82, 2.24) is 9.88 Å². The van der Waals surface area contributed by atoms with Crippen molar-refractivity contribution in [2.24, 2.45) is 0 Å². The number of hydrogen-bond donors (Lipinski definition) is 2. The van der Waals surface area contributed by atoms with E-state index in [0.29, 0.717) is 31.2 Å². The zero-order valence-corrected chi connectivity index (χ0v) is 18.5. The molecule has 3 rings (SSSR count). The normalized spacial score (nSPS) is 10.7. The lowest BCUT2D eigenvalue weighted by atomic mass is 10.1. The van der Waals surface area contributed by atoms with E-state index in [2.05, 4.69) is 17.2 Å². The topological polar surface area (TPSA) is 87.6 Å². The number of amides is 2. The number of hydrogen-bond acceptors (Lipinski definition) is 4. The highest BCUT2D eigenvalue weighted by Gasteiger charge is 2.23. The van der Waals surface area contributed by atoms with Crippen molar-refractivity contribution in [2.75, 3.05) is 11.9 Å². The zero-order valence-electron chi connectivity index (χ0n) is 18.5. The minimum atomic E-state index is -0.395. The van der Waals surface area contributed by atoms with Gasteiger partial charge in [-0.15, -0.1) is 0 Å². The van der Waals surface area contributed by atoms with Crippen LogP contribution in [0.5, 0.6) is 0 Å². The molecule has 0 atom stereocenters. The molecule has 2 amide bonds. The van der Waals surface area contributed by atoms with Gasteiger partial charge in [-0.3, -0.25) is 0 Å². The third-order valence-corrected chi connectivity index (χ3v) is 5.28. The number of esters is 1. The van der Waals surface area contributed by atoms with Gasteiger partial charge >= 0.3 is 12.0 Å². The Kier molecular flexibility index (Phi) is 7.18. The van der Waals surface area contributed by atoms with Crippen LogP contribution in [-0.2, 0) is 24.2 Å². The van der Waals surface area contributed by atoms with E-state index in [4.69, 9.17) is 9.15 Å². The van der Waals surface area contributed by atoms with Gasteiger partial charge in [0.15, 0.2) is 0 Å². The summed E-state index contributed by atoms with van der Waals surface area (Å²) in [5, 5.41) is 3.03. The molecule has 0 aliphatic carbocycles. The highest BCUT2D eigenvalue weighted by molar-refractivity contribution is 5.91. The maximum atomic E-state index is 13.2. The number of para-hydroxylation sites is 1. The lowest BCUT2D eigenvalue weighted by Crippen LogP contribution is -2.34. The second-order valence-corrected chi connectivity index (χ2v) is 7.33. The number of benzene rings is 1. The predicted molar refractivity (Wildman–Crippen MR) is 119 cm³/mol. The summed E-state index contributed by atoms with van der Waals surface area (Å²) in [6.45, 7) is 8.49. The van der Waals surface area contributed by atoms with E-state index in [9.17, 15) is 9.59 Å². The van der Waals surface area contributed by atoms with Crippen LogP contribution in [0, 0.1) is 13.8 Å². The number of nitrogens with zero attached hydrogens (tertiary/aromatic N) is 1. The van der Waals surface area contributed by atoms with Gasteiger partial charge < -0.3 is 24.4 Å². The Hall–Kier alpha value is -3.48. The van der Waals surface area contributed by atoms with Gasteiger partial charge in [0.05, 0.1) is 19.4 Å². The number of H-pyrrole nitrogens is 1. The number of ether oxygens (including phenoxy) is 1. The molecule has 0 spiro atoms. The summed E-state index contributed by atoms with van der Waals surface area (Å²) in [6.07, 6.45) is 2.40. The molecular weight excluding hydrogens is 394 g/mol. The predicted octanol–water partition coefficient (Wildman–Crippen LogP) is 5.20. The molecule has 0 radical (unpaired) electrons. The molecule has 0 fully saturated rings. The van der Waals surface area contributed by atoms with Crippen LogP contribution in [0.3, 0.4) is 0 Å². The number of carbonyl (C=O) groups excluding carboxylic acids is 2. The highest BCUT2D eigenvalue weighted by atomic mass is 16.5. The highest BCUT2D eigenvalue weighted by Crippen LogP contribution is 2.23. The summed E-state index contributed by atoms with van der Waals surface area (Å²) in [5.74, 6) is 0.281.